The van der Waals surface area contributed by atoms with E-state index in [2.05, 4.69) is 15.5 Å². The minimum absolute atomic E-state index is 0.157. The highest BCUT2D eigenvalue weighted by Gasteiger charge is 2.29. The summed E-state index contributed by atoms with van der Waals surface area (Å²) < 4.78 is 0. The maximum Gasteiger partial charge on any atom is 0.234 e. The van der Waals surface area contributed by atoms with Gasteiger partial charge in [0.2, 0.25) is 11.8 Å². The molecule has 0 spiro atoms. The van der Waals surface area contributed by atoms with E-state index in [0.29, 0.717) is 18.6 Å². The molecule has 5 nitrogen and oxygen atoms in total. The molecule has 1 saturated heterocycles. The lowest BCUT2D eigenvalue weighted by molar-refractivity contribution is -0.129. The Kier molecular flexibility index (Phi) is 4.24. The van der Waals surface area contributed by atoms with Gasteiger partial charge in [0.15, 0.2) is 0 Å². The summed E-state index contributed by atoms with van der Waals surface area (Å²) in [6.45, 7) is 2.33. The summed E-state index contributed by atoms with van der Waals surface area (Å²) in [6, 6.07) is 0.757. The molecule has 0 aromatic carbocycles. The van der Waals surface area contributed by atoms with Crippen molar-refractivity contribution >= 4 is 11.8 Å². The maximum absolute atomic E-state index is 11.9. The molecule has 3 aliphatic rings. The van der Waals surface area contributed by atoms with Gasteiger partial charge in [0.25, 0.3) is 0 Å². The van der Waals surface area contributed by atoms with Crippen LogP contribution in [0.3, 0.4) is 0 Å². The van der Waals surface area contributed by atoms with Gasteiger partial charge in [-0.15, -0.1) is 0 Å². The Morgan fingerprint density at radius 1 is 0.900 bits per heavy atom. The van der Waals surface area contributed by atoms with E-state index in [9.17, 15) is 9.59 Å². The van der Waals surface area contributed by atoms with Crippen LogP contribution in [0.25, 0.3) is 0 Å². The number of piperidine rings is 1. The second-order valence-corrected chi connectivity index (χ2v) is 6.53. The summed E-state index contributed by atoms with van der Waals surface area (Å²) in [5.74, 6) is 0.683. The Bertz CT molecular complexity index is 369. The standard InChI is InChI=1S/C15H25N3O2/c19-14(16-12-4-5-12)10-18-8-6-13(7-9-18)17-15(20)11-2-1-3-11/h11-13H,1-10H2,(H,16,19)(H,17,20). The summed E-state index contributed by atoms with van der Waals surface area (Å²) in [6.07, 6.45) is 7.54. The fraction of sp³-hybridized carbons (Fsp3) is 0.867. The number of hydrogen-bond donors (Lipinski definition) is 2. The third kappa shape index (κ3) is 3.72. The first kappa shape index (κ1) is 13.9. The van der Waals surface area contributed by atoms with Crippen molar-refractivity contribution in [3.05, 3.63) is 0 Å². The van der Waals surface area contributed by atoms with E-state index in [1.54, 1.807) is 0 Å². The summed E-state index contributed by atoms with van der Waals surface area (Å²) in [5, 5.41) is 6.20. The van der Waals surface area contributed by atoms with E-state index in [1.165, 1.54) is 6.42 Å². The molecule has 5 heteroatoms. The van der Waals surface area contributed by atoms with Crippen molar-refractivity contribution in [3.8, 4) is 0 Å². The van der Waals surface area contributed by atoms with Crippen LogP contribution in [0.2, 0.25) is 0 Å². The normalized spacial score (nSPS) is 25.0. The number of carbonyl (C=O) groups is 2. The Labute approximate surface area is 120 Å². The highest BCUT2D eigenvalue weighted by molar-refractivity contribution is 5.80. The molecule has 0 bridgehead atoms. The minimum Gasteiger partial charge on any atom is -0.353 e. The Hall–Kier alpha value is -1.10. The quantitative estimate of drug-likeness (QED) is 0.776. The van der Waals surface area contributed by atoms with Crippen molar-refractivity contribution in [2.45, 2.75) is 57.0 Å². The number of carbonyl (C=O) groups excluding carboxylic acids is 2. The van der Waals surface area contributed by atoms with Gasteiger partial charge in [-0.1, -0.05) is 6.42 Å². The van der Waals surface area contributed by atoms with E-state index in [-0.39, 0.29) is 17.7 Å². The second kappa shape index (κ2) is 6.12. The van der Waals surface area contributed by atoms with Crippen molar-refractivity contribution in [1.82, 2.24) is 15.5 Å². The van der Waals surface area contributed by atoms with Gasteiger partial charge in [-0.2, -0.15) is 0 Å². The molecule has 0 radical (unpaired) electrons. The summed E-state index contributed by atoms with van der Waals surface area (Å²) in [5.41, 5.74) is 0. The lowest BCUT2D eigenvalue weighted by Crippen LogP contribution is -2.49. The highest BCUT2D eigenvalue weighted by Crippen LogP contribution is 2.26. The van der Waals surface area contributed by atoms with Crippen LogP contribution in [0.15, 0.2) is 0 Å². The lowest BCUT2D eigenvalue weighted by Gasteiger charge is -2.33. The van der Waals surface area contributed by atoms with E-state index in [1.807, 2.05) is 0 Å². The van der Waals surface area contributed by atoms with Crippen LogP contribution in [0.1, 0.15) is 44.9 Å². The number of nitrogens with one attached hydrogen (secondary N) is 2. The molecule has 112 valence electrons. The zero-order chi connectivity index (χ0) is 13.9. The number of likely N-dealkylation sites (tertiary alicyclic amines) is 1. The molecule has 2 aliphatic carbocycles. The third-order valence-electron chi connectivity index (χ3n) is 4.72. The zero-order valence-electron chi connectivity index (χ0n) is 12.1. The predicted octanol–water partition coefficient (Wildman–Crippen LogP) is 0.646. The number of nitrogens with zero attached hydrogens (tertiary/aromatic N) is 1. The van der Waals surface area contributed by atoms with Crippen LogP contribution in [-0.2, 0) is 9.59 Å². The summed E-state index contributed by atoms with van der Waals surface area (Å²) >= 11 is 0. The van der Waals surface area contributed by atoms with E-state index in [4.69, 9.17) is 0 Å². The van der Waals surface area contributed by atoms with E-state index < -0.39 is 0 Å². The van der Waals surface area contributed by atoms with Crippen LogP contribution in [0.5, 0.6) is 0 Å². The van der Waals surface area contributed by atoms with Gasteiger partial charge in [0.1, 0.15) is 0 Å². The topological polar surface area (TPSA) is 61.4 Å². The zero-order valence-corrected chi connectivity index (χ0v) is 12.1. The minimum atomic E-state index is 0.157. The molecule has 2 saturated carbocycles. The van der Waals surface area contributed by atoms with Crippen molar-refractivity contribution in [2.24, 2.45) is 5.92 Å². The summed E-state index contributed by atoms with van der Waals surface area (Å²) in [4.78, 5) is 25.8. The fourth-order valence-electron chi connectivity index (χ4n) is 2.93. The molecule has 0 aromatic heterocycles. The van der Waals surface area contributed by atoms with Gasteiger partial charge in [-0.05, 0) is 38.5 Å². The first-order chi connectivity index (χ1) is 9.70. The molecular formula is C15H25N3O2. The van der Waals surface area contributed by atoms with Gasteiger partial charge < -0.3 is 10.6 Å². The third-order valence-corrected chi connectivity index (χ3v) is 4.72. The molecule has 0 aromatic rings. The van der Waals surface area contributed by atoms with Crippen LogP contribution < -0.4 is 10.6 Å². The molecule has 1 aliphatic heterocycles. The average Bonchev–Trinajstić information content (AvgIpc) is 3.13. The Balaban J connectivity index is 1.33. The van der Waals surface area contributed by atoms with Crippen LogP contribution in [0.4, 0.5) is 0 Å². The molecule has 0 atom stereocenters. The van der Waals surface area contributed by atoms with Gasteiger partial charge in [-0.3, -0.25) is 14.5 Å². The number of rotatable bonds is 5. The van der Waals surface area contributed by atoms with Gasteiger partial charge in [-0.25, -0.2) is 0 Å². The SMILES string of the molecule is O=C(CN1CCC(NC(=O)C2CCC2)CC1)NC1CC1. The van der Waals surface area contributed by atoms with Gasteiger partial charge in [0, 0.05) is 31.1 Å². The van der Waals surface area contributed by atoms with Gasteiger partial charge in [0.05, 0.1) is 6.54 Å². The van der Waals surface area contributed by atoms with Crippen molar-refractivity contribution in [3.63, 3.8) is 0 Å². The maximum atomic E-state index is 11.9. The highest BCUT2D eigenvalue weighted by atomic mass is 16.2. The van der Waals surface area contributed by atoms with Crippen molar-refractivity contribution in [2.75, 3.05) is 19.6 Å². The monoisotopic (exact) mass is 279 g/mol. The molecule has 3 rings (SSSR count). The van der Waals surface area contributed by atoms with Crippen LogP contribution in [-0.4, -0.2) is 48.4 Å². The molecule has 20 heavy (non-hydrogen) atoms. The van der Waals surface area contributed by atoms with E-state index in [0.717, 1.165) is 51.6 Å². The number of amides is 2. The Morgan fingerprint density at radius 2 is 1.55 bits per heavy atom. The van der Waals surface area contributed by atoms with Crippen LogP contribution in [0, 0.1) is 5.92 Å². The first-order valence-electron chi connectivity index (χ1n) is 8.03. The summed E-state index contributed by atoms with van der Waals surface area (Å²) in [7, 11) is 0. The second-order valence-electron chi connectivity index (χ2n) is 6.53. The number of hydrogen-bond acceptors (Lipinski definition) is 3. The smallest absolute Gasteiger partial charge is 0.234 e. The van der Waals surface area contributed by atoms with Crippen molar-refractivity contribution in [1.29, 1.82) is 0 Å². The molecule has 1 heterocycles. The predicted molar refractivity (Wildman–Crippen MR) is 76.1 cm³/mol. The van der Waals surface area contributed by atoms with Crippen molar-refractivity contribution < 1.29 is 9.59 Å². The molecule has 0 unspecified atom stereocenters. The largest absolute Gasteiger partial charge is 0.353 e. The average molecular weight is 279 g/mol. The Morgan fingerprint density at radius 3 is 2.10 bits per heavy atom. The molecular weight excluding hydrogens is 254 g/mol. The van der Waals surface area contributed by atoms with Crippen LogP contribution >= 0.6 is 0 Å². The van der Waals surface area contributed by atoms with Gasteiger partial charge >= 0.3 is 0 Å². The molecule has 2 N–H and O–H groups in total. The first-order valence-corrected chi connectivity index (χ1v) is 8.03. The lowest BCUT2D eigenvalue weighted by atomic mass is 9.84. The van der Waals surface area contributed by atoms with E-state index >= 15 is 0 Å². The molecule has 2 amide bonds. The molecule has 3 fully saturated rings. The fourth-order valence-corrected chi connectivity index (χ4v) is 2.93.